The molecule has 0 spiro atoms. The first-order chi connectivity index (χ1) is 5.87. The summed E-state index contributed by atoms with van der Waals surface area (Å²) in [6.07, 6.45) is 1.91. The molecule has 1 fully saturated rings. The first kappa shape index (κ1) is 7.35. The summed E-state index contributed by atoms with van der Waals surface area (Å²) < 4.78 is 5.05. The molecule has 0 saturated heterocycles. The third kappa shape index (κ3) is 1.09. The molecule has 2 heteroatoms. The van der Waals surface area contributed by atoms with Crippen LogP contribution in [0, 0.1) is 0 Å². The Morgan fingerprint density at radius 3 is 2.42 bits per heavy atom. The van der Waals surface area contributed by atoms with Crippen molar-refractivity contribution in [2.75, 3.05) is 0 Å². The van der Waals surface area contributed by atoms with Crippen molar-refractivity contribution in [2.24, 2.45) is 0 Å². The van der Waals surface area contributed by atoms with Crippen LogP contribution >= 0.6 is 0 Å². The molecule has 1 aromatic carbocycles. The minimum atomic E-state index is -0.275. The van der Waals surface area contributed by atoms with Gasteiger partial charge in [0.15, 0.2) is 0 Å². The molecule has 2 nitrogen and oxygen atoms in total. The molecule has 2 rings (SSSR count). The Bertz CT molecular complexity index is 275. The molecule has 1 saturated carbocycles. The largest absolute Gasteiger partial charge is 0.456 e. The highest BCUT2D eigenvalue weighted by molar-refractivity contribution is 5.42. The van der Waals surface area contributed by atoms with Gasteiger partial charge in [0.2, 0.25) is 0 Å². The van der Waals surface area contributed by atoms with Crippen LogP contribution in [0.2, 0.25) is 0 Å². The van der Waals surface area contributed by atoms with E-state index in [9.17, 15) is 4.79 Å². The van der Waals surface area contributed by atoms with E-state index in [2.05, 4.69) is 0 Å². The maximum atomic E-state index is 10.2. The molecule has 62 valence electrons. The minimum Gasteiger partial charge on any atom is -0.456 e. The van der Waals surface area contributed by atoms with Crippen molar-refractivity contribution >= 4 is 6.47 Å². The molecule has 0 N–H and O–H groups in total. The smallest absolute Gasteiger partial charge is 0.293 e. The van der Waals surface area contributed by atoms with E-state index in [-0.39, 0.29) is 5.60 Å². The van der Waals surface area contributed by atoms with Crippen LogP contribution < -0.4 is 0 Å². The highest BCUT2D eigenvalue weighted by atomic mass is 16.5. The lowest BCUT2D eigenvalue weighted by molar-refractivity contribution is -0.136. The summed E-state index contributed by atoms with van der Waals surface area (Å²) in [5, 5.41) is 0. The lowest BCUT2D eigenvalue weighted by Gasteiger charge is -2.12. The quantitative estimate of drug-likeness (QED) is 0.634. The van der Waals surface area contributed by atoms with Gasteiger partial charge in [-0.25, -0.2) is 0 Å². The zero-order valence-electron chi connectivity index (χ0n) is 6.69. The standard InChI is InChI=1S/C10H10O2/c11-8-12-10(6-7-10)9-4-2-1-3-5-9/h1-5,8H,6-7H2. The molecule has 1 aliphatic carbocycles. The number of hydrogen-bond acceptors (Lipinski definition) is 2. The number of ether oxygens (including phenoxy) is 1. The molecule has 0 amide bonds. The second-order valence-electron chi connectivity index (χ2n) is 3.07. The predicted molar refractivity (Wildman–Crippen MR) is 44.5 cm³/mol. The fraction of sp³-hybridized carbons (Fsp3) is 0.300. The van der Waals surface area contributed by atoms with Crippen LogP contribution in [0.3, 0.4) is 0 Å². The lowest BCUT2D eigenvalue weighted by atomic mass is 10.1. The van der Waals surface area contributed by atoms with Gasteiger partial charge in [-0.2, -0.15) is 0 Å². The van der Waals surface area contributed by atoms with Gasteiger partial charge in [-0.05, 0) is 18.4 Å². The van der Waals surface area contributed by atoms with Gasteiger partial charge < -0.3 is 4.74 Å². The molecule has 0 heterocycles. The SMILES string of the molecule is O=COC1(c2ccccc2)CC1. The van der Waals surface area contributed by atoms with Gasteiger partial charge in [-0.3, -0.25) is 4.79 Å². The monoisotopic (exact) mass is 162 g/mol. The Balaban J connectivity index is 2.25. The number of benzene rings is 1. The van der Waals surface area contributed by atoms with E-state index >= 15 is 0 Å². The van der Waals surface area contributed by atoms with Crippen LogP contribution in [0.5, 0.6) is 0 Å². The zero-order chi connectivity index (χ0) is 8.44. The van der Waals surface area contributed by atoms with Gasteiger partial charge in [-0.1, -0.05) is 30.3 Å². The molecule has 0 unspecified atom stereocenters. The van der Waals surface area contributed by atoms with Crippen molar-refractivity contribution in [3.63, 3.8) is 0 Å². The third-order valence-electron chi connectivity index (χ3n) is 2.28. The molecule has 0 bridgehead atoms. The Hall–Kier alpha value is -1.31. The Labute approximate surface area is 71.2 Å². The van der Waals surface area contributed by atoms with Gasteiger partial charge in [0.1, 0.15) is 5.60 Å². The Morgan fingerprint density at radius 1 is 1.25 bits per heavy atom. The topological polar surface area (TPSA) is 26.3 Å². The van der Waals surface area contributed by atoms with E-state index < -0.39 is 0 Å². The van der Waals surface area contributed by atoms with Crippen LogP contribution in [0.1, 0.15) is 18.4 Å². The second-order valence-corrected chi connectivity index (χ2v) is 3.07. The van der Waals surface area contributed by atoms with Crippen molar-refractivity contribution in [1.82, 2.24) is 0 Å². The molecule has 0 aliphatic heterocycles. The van der Waals surface area contributed by atoms with Gasteiger partial charge in [-0.15, -0.1) is 0 Å². The number of hydrogen-bond donors (Lipinski definition) is 0. The maximum Gasteiger partial charge on any atom is 0.293 e. The first-order valence-corrected chi connectivity index (χ1v) is 4.04. The van der Waals surface area contributed by atoms with Crippen LogP contribution in [0.25, 0.3) is 0 Å². The normalized spacial score (nSPS) is 18.3. The van der Waals surface area contributed by atoms with Crippen LogP contribution in [0.15, 0.2) is 30.3 Å². The van der Waals surface area contributed by atoms with Crippen LogP contribution in [0.4, 0.5) is 0 Å². The Kier molecular flexibility index (Phi) is 1.61. The van der Waals surface area contributed by atoms with Crippen molar-refractivity contribution in [3.8, 4) is 0 Å². The summed E-state index contributed by atoms with van der Waals surface area (Å²) in [5.74, 6) is 0. The van der Waals surface area contributed by atoms with Crippen molar-refractivity contribution in [1.29, 1.82) is 0 Å². The van der Waals surface area contributed by atoms with E-state index in [1.54, 1.807) is 0 Å². The van der Waals surface area contributed by atoms with Gasteiger partial charge in [0, 0.05) is 0 Å². The molecule has 1 aliphatic rings. The summed E-state index contributed by atoms with van der Waals surface area (Å²) in [7, 11) is 0. The average molecular weight is 162 g/mol. The predicted octanol–water partition coefficient (Wildman–Crippen LogP) is 1.85. The minimum absolute atomic E-state index is 0.275. The molecule has 1 aromatic rings. The van der Waals surface area contributed by atoms with E-state index in [4.69, 9.17) is 4.74 Å². The zero-order valence-corrected chi connectivity index (χ0v) is 6.69. The van der Waals surface area contributed by atoms with E-state index in [1.165, 1.54) is 0 Å². The number of carbonyl (C=O) groups excluding carboxylic acids is 1. The van der Waals surface area contributed by atoms with Gasteiger partial charge in [0.05, 0.1) is 0 Å². The van der Waals surface area contributed by atoms with Crippen molar-refractivity contribution < 1.29 is 9.53 Å². The summed E-state index contributed by atoms with van der Waals surface area (Å²) in [4.78, 5) is 10.2. The highest BCUT2D eigenvalue weighted by Crippen LogP contribution is 2.48. The van der Waals surface area contributed by atoms with Crippen LogP contribution in [-0.4, -0.2) is 6.47 Å². The molecule has 0 aromatic heterocycles. The highest BCUT2D eigenvalue weighted by Gasteiger charge is 2.46. The number of rotatable bonds is 3. The molecule has 0 radical (unpaired) electrons. The summed E-state index contributed by atoms with van der Waals surface area (Å²) in [5.41, 5.74) is 0.834. The molecular weight excluding hydrogens is 152 g/mol. The van der Waals surface area contributed by atoms with E-state index in [0.29, 0.717) is 6.47 Å². The fourth-order valence-electron chi connectivity index (χ4n) is 1.42. The van der Waals surface area contributed by atoms with Gasteiger partial charge in [0.25, 0.3) is 6.47 Å². The average Bonchev–Trinajstić information content (AvgIpc) is 2.88. The van der Waals surface area contributed by atoms with Crippen molar-refractivity contribution in [3.05, 3.63) is 35.9 Å². The molecule has 12 heavy (non-hydrogen) atoms. The van der Waals surface area contributed by atoms with Gasteiger partial charge >= 0.3 is 0 Å². The summed E-state index contributed by atoms with van der Waals surface area (Å²) >= 11 is 0. The molecule has 0 atom stereocenters. The fourth-order valence-corrected chi connectivity index (χ4v) is 1.42. The molecular formula is C10H10O2. The van der Waals surface area contributed by atoms with Crippen LogP contribution in [-0.2, 0) is 15.1 Å². The summed E-state index contributed by atoms with van der Waals surface area (Å²) in [6.45, 7) is 0.542. The second kappa shape index (κ2) is 2.63. The van der Waals surface area contributed by atoms with E-state index in [1.807, 2.05) is 30.3 Å². The number of carbonyl (C=O) groups is 1. The maximum absolute atomic E-state index is 10.2. The van der Waals surface area contributed by atoms with Crippen molar-refractivity contribution in [2.45, 2.75) is 18.4 Å². The lowest BCUT2D eigenvalue weighted by Crippen LogP contribution is -2.09. The first-order valence-electron chi connectivity index (χ1n) is 4.04. The third-order valence-corrected chi connectivity index (χ3v) is 2.28. The summed E-state index contributed by atoms with van der Waals surface area (Å²) in [6, 6.07) is 9.88. The van der Waals surface area contributed by atoms with E-state index in [0.717, 1.165) is 18.4 Å². The Morgan fingerprint density at radius 2 is 1.92 bits per heavy atom.